The van der Waals surface area contributed by atoms with Gasteiger partial charge in [-0.15, -0.1) is 0 Å². The molecule has 0 saturated heterocycles. The van der Waals surface area contributed by atoms with Crippen LogP contribution >= 0.6 is 0 Å². The molecule has 0 spiro atoms. The molecule has 1 N–H and O–H groups in total. The van der Waals surface area contributed by atoms with Crippen LogP contribution in [0.3, 0.4) is 0 Å². The lowest BCUT2D eigenvalue weighted by molar-refractivity contribution is -0.0874. The molecule has 1 saturated carbocycles. The SMILES string of the molecule is COC1=CC(C2(O)CCCCC2CN(C)C)CC=C1. The number of nitrogens with zero attached hydrogens (tertiary/aromatic N) is 1. The maximum absolute atomic E-state index is 11.3. The first kappa shape index (κ1) is 14.6. The van der Waals surface area contributed by atoms with Crippen molar-refractivity contribution in [1.82, 2.24) is 4.90 Å². The Kier molecular flexibility index (Phi) is 4.69. The van der Waals surface area contributed by atoms with Crippen molar-refractivity contribution in [2.75, 3.05) is 27.7 Å². The number of hydrogen-bond acceptors (Lipinski definition) is 3. The van der Waals surface area contributed by atoms with Gasteiger partial charge in [0.25, 0.3) is 0 Å². The van der Waals surface area contributed by atoms with E-state index in [9.17, 15) is 5.11 Å². The van der Waals surface area contributed by atoms with E-state index in [-0.39, 0.29) is 5.92 Å². The Hall–Kier alpha value is -0.800. The molecule has 0 bridgehead atoms. The third-order valence-electron chi connectivity index (χ3n) is 4.59. The van der Waals surface area contributed by atoms with Gasteiger partial charge in [-0.1, -0.05) is 18.9 Å². The minimum atomic E-state index is -0.572. The molecular formula is C16H27NO2. The topological polar surface area (TPSA) is 32.7 Å². The van der Waals surface area contributed by atoms with Crippen molar-refractivity contribution in [2.45, 2.75) is 37.7 Å². The zero-order chi connectivity index (χ0) is 13.9. The summed E-state index contributed by atoms with van der Waals surface area (Å²) in [5.74, 6) is 1.44. The van der Waals surface area contributed by atoms with Crippen LogP contribution in [0, 0.1) is 11.8 Å². The van der Waals surface area contributed by atoms with Crippen molar-refractivity contribution >= 4 is 0 Å². The lowest BCUT2D eigenvalue weighted by Crippen LogP contribution is -2.50. The fourth-order valence-corrected chi connectivity index (χ4v) is 3.57. The molecule has 0 heterocycles. The lowest BCUT2D eigenvalue weighted by atomic mass is 9.66. The highest BCUT2D eigenvalue weighted by molar-refractivity contribution is 5.21. The Bertz CT molecular complexity index is 362. The maximum Gasteiger partial charge on any atom is 0.114 e. The monoisotopic (exact) mass is 265 g/mol. The summed E-state index contributed by atoms with van der Waals surface area (Å²) in [4.78, 5) is 2.20. The molecule has 2 aliphatic rings. The third kappa shape index (κ3) is 3.21. The van der Waals surface area contributed by atoms with Crippen molar-refractivity contribution in [3.05, 3.63) is 24.0 Å². The first-order valence-corrected chi connectivity index (χ1v) is 7.35. The van der Waals surface area contributed by atoms with Crippen LogP contribution in [0.1, 0.15) is 32.1 Å². The zero-order valence-electron chi connectivity index (χ0n) is 12.4. The average molecular weight is 265 g/mol. The molecule has 108 valence electrons. The quantitative estimate of drug-likeness (QED) is 0.848. The molecule has 2 aliphatic carbocycles. The van der Waals surface area contributed by atoms with Gasteiger partial charge in [0, 0.05) is 18.4 Å². The third-order valence-corrected chi connectivity index (χ3v) is 4.59. The first-order valence-electron chi connectivity index (χ1n) is 7.35. The molecule has 0 radical (unpaired) electrons. The summed E-state index contributed by atoms with van der Waals surface area (Å²) in [7, 11) is 5.87. The standard InChI is InChI=1S/C16H27NO2/c1-17(2)12-14-7-4-5-10-16(14,18)13-8-6-9-15(11-13)19-3/h6,9,11,13-14,18H,4-5,7-8,10,12H2,1-3H3. The van der Waals surface area contributed by atoms with Crippen LogP contribution < -0.4 is 0 Å². The van der Waals surface area contributed by atoms with Gasteiger partial charge >= 0.3 is 0 Å². The van der Waals surface area contributed by atoms with E-state index >= 15 is 0 Å². The van der Waals surface area contributed by atoms with Crippen molar-refractivity contribution < 1.29 is 9.84 Å². The van der Waals surface area contributed by atoms with Crippen molar-refractivity contribution in [3.8, 4) is 0 Å². The average Bonchev–Trinajstić information content (AvgIpc) is 2.41. The van der Waals surface area contributed by atoms with E-state index in [1.54, 1.807) is 7.11 Å². The Morgan fingerprint density at radius 1 is 1.42 bits per heavy atom. The van der Waals surface area contributed by atoms with E-state index < -0.39 is 5.60 Å². The molecule has 3 unspecified atom stereocenters. The summed E-state index contributed by atoms with van der Waals surface area (Å²) in [6.07, 6.45) is 11.6. The highest BCUT2D eigenvalue weighted by atomic mass is 16.5. The lowest BCUT2D eigenvalue weighted by Gasteiger charge is -2.46. The van der Waals surface area contributed by atoms with E-state index in [0.29, 0.717) is 5.92 Å². The molecule has 2 rings (SSSR count). The molecule has 3 nitrogen and oxygen atoms in total. The number of allylic oxidation sites excluding steroid dienone is 2. The molecule has 0 aliphatic heterocycles. The van der Waals surface area contributed by atoms with Crippen LogP contribution in [0.15, 0.2) is 24.0 Å². The highest BCUT2D eigenvalue weighted by Gasteiger charge is 2.44. The van der Waals surface area contributed by atoms with Crippen LogP contribution in [-0.4, -0.2) is 43.4 Å². The Balaban J connectivity index is 2.17. The van der Waals surface area contributed by atoms with Crippen molar-refractivity contribution in [3.63, 3.8) is 0 Å². The summed E-state index contributed by atoms with van der Waals surface area (Å²) >= 11 is 0. The Morgan fingerprint density at radius 3 is 2.89 bits per heavy atom. The summed E-state index contributed by atoms with van der Waals surface area (Å²) in [6, 6.07) is 0. The summed E-state index contributed by atoms with van der Waals surface area (Å²) in [6.45, 7) is 0.965. The number of methoxy groups -OCH3 is 1. The van der Waals surface area contributed by atoms with Gasteiger partial charge in [0.15, 0.2) is 0 Å². The van der Waals surface area contributed by atoms with Gasteiger partial charge in [-0.2, -0.15) is 0 Å². The summed E-state index contributed by atoms with van der Waals surface area (Å²) in [5.41, 5.74) is -0.572. The smallest absolute Gasteiger partial charge is 0.114 e. The molecule has 1 fully saturated rings. The second kappa shape index (κ2) is 6.10. The largest absolute Gasteiger partial charge is 0.497 e. The van der Waals surface area contributed by atoms with Crippen LogP contribution in [0.4, 0.5) is 0 Å². The van der Waals surface area contributed by atoms with Crippen LogP contribution in [0.2, 0.25) is 0 Å². The normalized spacial score (nSPS) is 35.3. The number of aliphatic hydroxyl groups is 1. The van der Waals surface area contributed by atoms with Gasteiger partial charge in [-0.25, -0.2) is 0 Å². The van der Waals surface area contributed by atoms with Gasteiger partial charge in [0.1, 0.15) is 5.76 Å². The molecule has 0 amide bonds. The summed E-state index contributed by atoms with van der Waals surface area (Å²) < 4.78 is 5.33. The fraction of sp³-hybridized carbons (Fsp3) is 0.750. The summed E-state index contributed by atoms with van der Waals surface area (Å²) in [5, 5.41) is 11.3. The van der Waals surface area contributed by atoms with Gasteiger partial charge in [0.2, 0.25) is 0 Å². The van der Waals surface area contributed by atoms with Crippen LogP contribution in [0.25, 0.3) is 0 Å². The van der Waals surface area contributed by atoms with Crippen LogP contribution in [0.5, 0.6) is 0 Å². The first-order chi connectivity index (χ1) is 9.06. The predicted molar refractivity (Wildman–Crippen MR) is 77.8 cm³/mol. The fourth-order valence-electron chi connectivity index (χ4n) is 3.57. The van der Waals surface area contributed by atoms with Gasteiger partial charge < -0.3 is 14.7 Å². The van der Waals surface area contributed by atoms with Gasteiger partial charge in [-0.05, 0) is 45.5 Å². The zero-order valence-corrected chi connectivity index (χ0v) is 12.4. The van der Waals surface area contributed by atoms with E-state index in [2.05, 4.69) is 31.1 Å². The van der Waals surface area contributed by atoms with E-state index in [0.717, 1.165) is 38.0 Å². The minimum Gasteiger partial charge on any atom is -0.497 e. The molecular weight excluding hydrogens is 238 g/mol. The second-order valence-electron chi connectivity index (χ2n) is 6.21. The van der Waals surface area contributed by atoms with Crippen LogP contribution in [-0.2, 0) is 4.74 Å². The number of hydrogen-bond donors (Lipinski definition) is 1. The van der Waals surface area contributed by atoms with E-state index in [1.807, 2.05) is 6.08 Å². The molecule has 0 aromatic carbocycles. The molecule has 19 heavy (non-hydrogen) atoms. The Labute approximate surface area is 116 Å². The minimum absolute atomic E-state index is 0.192. The molecule has 3 heteroatoms. The van der Waals surface area contributed by atoms with E-state index in [1.165, 1.54) is 6.42 Å². The second-order valence-corrected chi connectivity index (χ2v) is 6.21. The Morgan fingerprint density at radius 2 is 2.21 bits per heavy atom. The van der Waals surface area contributed by atoms with Gasteiger partial charge in [0.05, 0.1) is 12.7 Å². The van der Waals surface area contributed by atoms with E-state index in [4.69, 9.17) is 4.74 Å². The highest BCUT2D eigenvalue weighted by Crippen LogP contribution is 2.43. The molecule has 3 atom stereocenters. The molecule has 0 aromatic rings. The number of rotatable bonds is 4. The number of ether oxygens (including phenoxy) is 1. The maximum atomic E-state index is 11.3. The molecule has 0 aromatic heterocycles. The van der Waals surface area contributed by atoms with Gasteiger partial charge in [-0.3, -0.25) is 0 Å². The van der Waals surface area contributed by atoms with Crippen molar-refractivity contribution in [2.24, 2.45) is 11.8 Å². The predicted octanol–water partition coefficient (Wildman–Crippen LogP) is 2.58. The van der Waals surface area contributed by atoms with Crippen molar-refractivity contribution in [1.29, 1.82) is 0 Å².